The van der Waals surface area contributed by atoms with E-state index in [4.69, 9.17) is 33.2 Å². The van der Waals surface area contributed by atoms with Crippen LogP contribution in [0.5, 0.6) is 34.5 Å². The fourth-order valence-corrected chi connectivity index (χ4v) is 18.7. The van der Waals surface area contributed by atoms with E-state index >= 15 is 0 Å². The van der Waals surface area contributed by atoms with Crippen molar-refractivity contribution in [2.75, 3.05) is 175 Å². The summed E-state index contributed by atoms with van der Waals surface area (Å²) < 4.78 is 82.2. The molecule has 0 saturated carbocycles. The highest BCUT2D eigenvalue weighted by atomic mass is 32.2. The smallest absolute Gasteiger partial charge is 0.259 e. The average molecular weight is 1720 g/mol. The number of aromatic nitrogens is 3. The molecule has 27 nitrogen and oxygen atoms in total. The van der Waals surface area contributed by atoms with E-state index in [1.165, 1.54) is 30.3 Å². The van der Waals surface area contributed by atoms with Crippen molar-refractivity contribution >= 4 is 50.7 Å². The summed E-state index contributed by atoms with van der Waals surface area (Å²) in [6.07, 6.45) is 10.0. The third-order valence-electron chi connectivity index (χ3n) is 24.6. The Morgan fingerprint density at radius 1 is 0.468 bits per heavy atom. The lowest BCUT2D eigenvalue weighted by molar-refractivity contribution is 0.0658. The second-order valence-electron chi connectivity index (χ2n) is 31.7. The average Bonchev–Trinajstić information content (AvgIpc) is 1.62. The Hall–Kier alpha value is -11.3. The molecule has 29 heteroatoms. The van der Waals surface area contributed by atoms with Crippen LogP contribution in [0, 0.1) is 5.82 Å². The number of benzene rings is 7. The van der Waals surface area contributed by atoms with E-state index < -0.39 is 10.0 Å². The molecule has 9 aromatic rings. The first kappa shape index (κ1) is 90.4. The predicted molar refractivity (Wildman–Crippen MR) is 478 cm³/mol. The summed E-state index contributed by atoms with van der Waals surface area (Å²) in [4.78, 5) is 82.7. The molecule has 2 N–H and O–H groups in total. The van der Waals surface area contributed by atoms with Gasteiger partial charge in [0.25, 0.3) is 33.7 Å². The van der Waals surface area contributed by atoms with Crippen molar-refractivity contribution in [2.24, 2.45) is 7.05 Å². The molecule has 8 heterocycles. The molecule has 4 amide bonds. The van der Waals surface area contributed by atoms with E-state index in [1.54, 1.807) is 84.9 Å². The second-order valence-corrected chi connectivity index (χ2v) is 33.5. The van der Waals surface area contributed by atoms with E-state index in [-0.39, 0.29) is 59.1 Å². The summed E-state index contributed by atoms with van der Waals surface area (Å²) in [5, 5.41) is 2.99. The highest BCUT2D eigenvalue weighted by molar-refractivity contribution is 7.89. The number of hydrogen-bond acceptors (Lipinski definition) is 21. The summed E-state index contributed by atoms with van der Waals surface area (Å²) in [5.74, 6) is 3.41. The standard InChI is InChI=1S/C33H40FN3O4.C32H39N5O4.C30H40N6O5S/c1-4-35-15-17-36(18-16-35)30-11-6-10-27-28(30)22-37(33(27)38)29(25-13-14-31(39-2)32(21-25)40-3)12-7-19-41-23-24-8-5-9-26(34)20-24;1-4-35-17-19-36(20-18-35)28-8-5-7-25-26(28)22-37(32(25)39)27(24-10-11-29(40-2)30(21-24)41-3)9-6-14-34-31(38)23-12-15-33-16-13-23;1-5-34-14-16-35(17-15-34)26-9-6-8-23-24(26)19-36(30(23)37)25(22-11-12-27(40-3)28(18-22)41-4)10-7-13-32-42(38,39)29-20-33(2)21-31-29/h5-6,8-11,13-14,20-21,29H,4,7,12,15-19,22-23H2,1-3H3;5,7-8,10-13,15-16,21,27H,4,6,9,14,17-20,22H2,1-3H3,(H,34,38);6,8-9,11-12,18,20-21,25,32H,5,7,10,13-17,19H2,1-4H3/t29-;27-;25-/m111/s1. The van der Waals surface area contributed by atoms with Crippen LogP contribution in [0.2, 0.25) is 0 Å². The normalized spacial score (nSPS) is 16.2. The minimum Gasteiger partial charge on any atom is -0.493 e. The zero-order chi connectivity index (χ0) is 87.4. The molecule has 3 saturated heterocycles. The zero-order valence-electron chi connectivity index (χ0n) is 73.2. The maximum atomic E-state index is 13.9. The number of aryl methyl sites for hydroxylation is 1. The second kappa shape index (κ2) is 42.8. The maximum absolute atomic E-state index is 13.9. The number of ether oxygens (including phenoxy) is 7. The van der Waals surface area contributed by atoms with Gasteiger partial charge in [-0.25, -0.2) is 22.5 Å². The summed E-state index contributed by atoms with van der Waals surface area (Å²) in [7, 11) is 7.65. The molecule has 660 valence electrons. The van der Waals surface area contributed by atoms with E-state index in [2.05, 4.69) is 88.4 Å². The number of pyridine rings is 1. The van der Waals surface area contributed by atoms with E-state index in [0.29, 0.717) is 112 Å². The van der Waals surface area contributed by atoms with E-state index in [9.17, 15) is 32.0 Å². The molecule has 2 aromatic heterocycles. The number of halogens is 1. The van der Waals surface area contributed by atoms with Crippen LogP contribution in [-0.4, -0.2) is 237 Å². The molecule has 6 aliphatic heterocycles. The number of sulfonamides is 1. The highest BCUT2D eigenvalue weighted by Gasteiger charge is 2.41. The first-order valence-corrected chi connectivity index (χ1v) is 44.6. The van der Waals surface area contributed by atoms with Gasteiger partial charge in [-0.3, -0.25) is 24.2 Å². The molecular formula is C95H119FN14O13S. The van der Waals surface area contributed by atoms with Gasteiger partial charge in [-0.2, -0.15) is 0 Å². The van der Waals surface area contributed by atoms with Crippen LogP contribution in [-0.2, 0) is 48.0 Å². The SMILES string of the molecule is CCN1CCN(c2cccc3c2CN([C@H](CCCNC(=O)c2ccncc2)c2ccc(OC)c(OC)c2)C3=O)CC1.CCN1CCN(c2cccc3c2CN([C@H](CCCNS(=O)(=O)c2cn(C)cn2)c2ccc(OC)c(OC)c2)C3=O)CC1.CCN1CCN(c2cccc3c2CN([C@H](CCCOCc2cccc(F)c2)c2ccc(OC)c(OC)c2)C3=O)CC1. The number of imidazole rings is 1. The minimum absolute atomic E-state index is 0.0149. The molecule has 3 atom stereocenters. The number of nitrogens with one attached hydrogen (secondary N) is 2. The number of likely N-dealkylation sites (N-methyl/N-ethyl adjacent to an activating group) is 3. The molecule has 124 heavy (non-hydrogen) atoms. The summed E-state index contributed by atoms with van der Waals surface area (Å²) in [5.41, 5.74) is 13.2. The Balaban J connectivity index is 0.000000160. The molecule has 0 bridgehead atoms. The fourth-order valence-electron chi connectivity index (χ4n) is 17.7. The Kier molecular flexibility index (Phi) is 31.2. The van der Waals surface area contributed by atoms with Crippen LogP contribution < -0.4 is 53.2 Å². The number of methoxy groups -OCH3 is 6. The van der Waals surface area contributed by atoms with E-state index in [1.807, 2.05) is 112 Å². The number of hydrogen-bond donors (Lipinski definition) is 2. The molecule has 7 aromatic carbocycles. The van der Waals surface area contributed by atoms with Crippen LogP contribution >= 0.6 is 0 Å². The summed E-state index contributed by atoms with van der Waals surface area (Å²) >= 11 is 0. The van der Waals surface area contributed by atoms with Crippen molar-refractivity contribution < 1.29 is 65.1 Å². The van der Waals surface area contributed by atoms with Crippen molar-refractivity contribution in [1.82, 2.24) is 54.0 Å². The lowest BCUT2D eigenvalue weighted by Gasteiger charge is -2.36. The van der Waals surface area contributed by atoms with Crippen molar-refractivity contribution in [3.8, 4) is 34.5 Å². The Labute approximate surface area is 728 Å². The van der Waals surface area contributed by atoms with Gasteiger partial charge in [-0.1, -0.05) is 69.3 Å². The van der Waals surface area contributed by atoms with Gasteiger partial charge in [0, 0.05) is 200 Å². The Morgan fingerprint density at radius 3 is 1.23 bits per heavy atom. The van der Waals surface area contributed by atoms with E-state index in [0.717, 1.165) is 172 Å². The first-order valence-electron chi connectivity index (χ1n) is 43.2. The van der Waals surface area contributed by atoms with Gasteiger partial charge in [0.2, 0.25) is 0 Å². The van der Waals surface area contributed by atoms with Crippen LogP contribution in [0.15, 0.2) is 176 Å². The lowest BCUT2D eigenvalue weighted by atomic mass is 9.99. The largest absolute Gasteiger partial charge is 0.493 e. The van der Waals surface area contributed by atoms with Gasteiger partial charge in [-0.15, -0.1) is 0 Å². The third-order valence-corrected chi connectivity index (χ3v) is 26.0. The fraction of sp³-hybridized carbons (Fsp3) is 0.432. The predicted octanol–water partition coefficient (Wildman–Crippen LogP) is 12.9. The molecule has 0 spiro atoms. The van der Waals surface area contributed by atoms with Crippen molar-refractivity contribution in [1.29, 1.82) is 0 Å². The molecule has 6 aliphatic rings. The van der Waals surface area contributed by atoms with Crippen LogP contribution in [0.3, 0.4) is 0 Å². The molecule has 0 radical (unpaired) electrons. The number of carbonyl (C=O) groups is 4. The zero-order valence-corrected chi connectivity index (χ0v) is 74.0. The van der Waals surface area contributed by atoms with Crippen molar-refractivity contribution in [2.45, 2.75) is 109 Å². The molecule has 3 fully saturated rings. The first-order chi connectivity index (χ1) is 60.3. The quantitative estimate of drug-likeness (QED) is 0.0350. The van der Waals surface area contributed by atoms with Gasteiger partial charge < -0.3 is 87.1 Å². The topological polar surface area (TPSA) is 251 Å². The molecular weight excluding hydrogens is 1600 g/mol. The van der Waals surface area contributed by atoms with Crippen LogP contribution in [0.25, 0.3) is 0 Å². The number of fused-ring (bicyclic) bond motifs is 3. The van der Waals surface area contributed by atoms with Gasteiger partial charge >= 0.3 is 0 Å². The van der Waals surface area contributed by atoms with Gasteiger partial charge in [0.15, 0.2) is 39.5 Å². The van der Waals surface area contributed by atoms with Crippen molar-refractivity contribution in [3.05, 3.63) is 238 Å². The number of anilines is 3. The number of carbonyl (C=O) groups excluding carboxylic acids is 4. The minimum atomic E-state index is -3.73. The third kappa shape index (κ3) is 21.3. The number of rotatable bonds is 35. The van der Waals surface area contributed by atoms with Gasteiger partial charge in [0.05, 0.1) is 73.7 Å². The van der Waals surface area contributed by atoms with Gasteiger partial charge in [0.1, 0.15) is 5.82 Å². The number of piperazine rings is 3. The van der Waals surface area contributed by atoms with Crippen molar-refractivity contribution in [3.63, 3.8) is 0 Å². The number of nitrogens with zero attached hydrogens (tertiary/aromatic N) is 12. The summed E-state index contributed by atoms with van der Waals surface area (Å²) in [6.45, 7) is 24.7. The Bertz CT molecular complexity index is 5230. The molecule has 0 aliphatic carbocycles. The molecule has 0 unspecified atom stereocenters. The monoisotopic (exact) mass is 1710 g/mol. The van der Waals surface area contributed by atoms with Crippen LogP contribution in [0.4, 0.5) is 21.5 Å². The Morgan fingerprint density at radius 2 is 0.855 bits per heavy atom. The number of amides is 4. The lowest BCUT2D eigenvalue weighted by Crippen LogP contribution is -2.46. The maximum Gasteiger partial charge on any atom is 0.259 e. The summed E-state index contributed by atoms with van der Waals surface area (Å²) in [6, 6.07) is 44.9. The highest BCUT2D eigenvalue weighted by Crippen LogP contribution is 2.45. The molecule has 15 rings (SSSR count). The van der Waals surface area contributed by atoms with Gasteiger partial charge in [-0.05, 0) is 177 Å². The van der Waals surface area contributed by atoms with Crippen LogP contribution in [0.1, 0.15) is 158 Å².